The fourth-order valence-electron chi connectivity index (χ4n) is 4.70. The highest BCUT2D eigenvalue weighted by Gasteiger charge is 2.62. The van der Waals surface area contributed by atoms with E-state index in [4.69, 9.17) is 5.26 Å². The van der Waals surface area contributed by atoms with Crippen LogP contribution in [0.5, 0.6) is 0 Å². The standard InChI is InChI=1S/C21H18N4O2/c22-13-14-7-9-16(10-8-14)25-20(26)17-18(15-5-2-1-3-6-15)23-11-4-12-24(23)19(17)21(25)27/h1-3,5-10,17-19H,4,11-12H2/t17-,18-,19-/m0/s1. The van der Waals surface area contributed by atoms with Gasteiger partial charge >= 0.3 is 0 Å². The van der Waals surface area contributed by atoms with Gasteiger partial charge in [-0.05, 0) is 36.2 Å². The molecule has 3 heterocycles. The average Bonchev–Trinajstić information content (AvgIpc) is 3.35. The van der Waals surface area contributed by atoms with Gasteiger partial charge < -0.3 is 0 Å². The third-order valence-corrected chi connectivity index (χ3v) is 5.80. The molecule has 0 radical (unpaired) electrons. The van der Waals surface area contributed by atoms with Gasteiger partial charge in [0.15, 0.2) is 0 Å². The molecule has 2 amide bonds. The van der Waals surface area contributed by atoms with E-state index >= 15 is 0 Å². The number of nitrogens with zero attached hydrogens (tertiary/aromatic N) is 4. The third-order valence-electron chi connectivity index (χ3n) is 5.80. The van der Waals surface area contributed by atoms with E-state index in [0.29, 0.717) is 11.3 Å². The van der Waals surface area contributed by atoms with Crippen LogP contribution in [0.2, 0.25) is 0 Å². The van der Waals surface area contributed by atoms with Gasteiger partial charge in [0.1, 0.15) is 6.04 Å². The summed E-state index contributed by atoms with van der Waals surface area (Å²) in [5.74, 6) is -0.728. The second-order valence-electron chi connectivity index (χ2n) is 7.18. The van der Waals surface area contributed by atoms with Crippen LogP contribution in [0.25, 0.3) is 0 Å². The minimum atomic E-state index is -0.444. The Bertz CT molecular complexity index is 950. The van der Waals surface area contributed by atoms with Crippen LogP contribution in [0.15, 0.2) is 54.6 Å². The highest BCUT2D eigenvalue weighted by Crippen LogP contribution is 2.48. The Balaban J connectivity index is 1.57. The minimum Gasteiger partial charge on any atom is -0.274 e. The van der Waals surface area contributed by atoms with Crippen LogP contribution >= 0.6 is 0 Å². The maximum atomic E-state index is 13.4. The van der Waals surface area contributed by atoms with Gasteiger partial charge in [0, 0.05) is 13.1 Å². The van der Waals surface area contributed by atoms with Crippen molar-refractivity contribution in [3.8, 4) is 6.07 Å². The zero-order chi connectivity index (χ0) is 18.5. The van der Waals surface area contributed by atoms with Crippen molar-refractivity contribution in [1.82, 2.24) is 10.0 Å². The smallest absolute Gasteiger partial charge is 0.253 e. The molecule has 3 fully saturated rings. The highest BCUT2D eigenvalue weighted by atomic mass is 16.2. The molecule has 0 N–H and O–H groups in total. The van der Waals surface area contributed by atoms with Crippen molar-refractivity contribution < 1.29 is 9.59 Å². The van der Waals surface area contributed by atoms with Crippen molar-refractivity contribution in [2.75, 3.05) is 18.0 Å². The Hall–Kier alpha value is -3.01. The maximum absolute atomic E-state index is 13.4. The van der Waals surface area contributed by atoms with Crippen LogP contribution in [0.4, 0.5) is 5.69 Å². The number of hydrogen-bond donors (Lipinski definition) is 0. The number of imide groups is 1. The number of hydrogen-bond acceptors (Lipinski definition) is 5. The quantitative estimate of drug-likeness (QED) is 0.769. The Kier molecular flexibility index (Phi) is 3.61. The van der Waals surface area contributed by atoms with Crippen LogP contribution in [-0.4, -0.2) is 41.0 Å². The summed E-state index contributed by atoms with van der Waals surface area (Å²) < 4.78 is 0. The Labute approximate surface area is 157 Å². The number of amides is 2. The number of rotatable bonds is 2. The molecule has 0 aromatic heterocycles. The molecule has 3 saturated heterocycles. The number of hydrazine groups is 1. The Morgan fingerprint density at radius 3 is 2.19 bits per heavy atom. The molecule has 0 spiro atoms. The lowest BCUT2D eigenvalue weighted by atomic mass is 9.90. The van der Waals surface area contributed by atoms with E-state index in [2.05, 4.69) is 16.1 Å². The van der Waals surface area contributed by atoms with Gasteiger partial charge in [0.25, 0.3) is 5.91 Å². The normalized spacial score (nSPS) is 27.7. The number of nitriles is 1. The van der Waals surface area contributed by atoms with Gasteiger partial charge in [-0.15, -0.1) is 0 Å². The van der Waals surface area contributed by atoms with Gasteiger partial charge in [-0.25, -0.2) is 14.9 Å². The summed E-state index contributed by atoms with van der Waals surface area (Å²) in [6.45, 7) is 1.66. The molecular formula is C21H18N4O2. The summed E-state index contributed by atoms with van der Waals surface area (Å²) in [5, 5.41) is 13.3. The molecule has 3 atom stereocenters. The zero-order valence-electron chi connectivity index (χ0n) is 14.7. The molecule has 5 rings (SSSR count). The van der Waals surface area contributed by atoms with Crippen LogP contribution < -0.4 is 4.90 Å². The maximum Gasteiger partial charge on any atom is 0.253 e. The molecule has 134 valence electrons. The molecule has 2 aromatic rings. The first-order chi connectivity index (χ1) is 13.2. The lowest BCUT2D eigenvalue weighted by Gasteiger charge is -2.29. The Morgan fingerprint density at radius 1 is 0.852 bits per heavy atom. The fraction of sp³-hybridized carbons (Fsp3) is 0.286. The van der Waals surface area contributed by atoms with E-state index in [1.807, 2.05) is 30.3 Å². The summed E-state index contributed by atoms with van der Waals surface area (Å²) in [6.07, 6.45) is 0.991. The minimum absolute atomic E-state index is 0.112. The van der Waals surface area contributed by atoms with Crippen LogP contribution in [0, 0.1) is 17.2 Å². The summed E-state index contributed by atoms with van der Waals surface area (Å²) in [4.78, 5) is 27.9. The lowest BCUT2D eigenvalue weighted by Crippen LogP contribution is -2.44. The van der Waals surface area contributed by atoms with Crippen molar-refractivity contribution >= 4 is 17.5 Å². The van der Waals surface area contributed by atoms with Gasteiger partial charge in [0.05, 0.1) is 29.3 Å². The van der Waals surface area contributed by atoms with Crippen molar-refractivity contribution in [3.63, 3.8) is 0 Å². The summed E-state index contributed by atoms with van der Waals surface area (Å²) in [5.41, 5.74) is 2.11. The number of carbonyl (C=O) groups is 2. The molecule has 27 heavy (non-hydrogen) atoms. The molecule has 6 heteroatoms. The SMILES string of the molecule is N#Cc1ccc(N2C(=O)[C@@H]3[C@@H](C2=O)N2CCCN2[C@H]3c2ccccc2)cc1. The second kappa shape index (κ2) is 6.02. The van der Waals surface area contributed by atoms with Crippen molar-refractivity contribution in [3.05, 3.63) is 65.7 Å². The molecule has 6 nitrogen and oxygen atoms in total. The van der Waals surface area contributed by atoms with Gasteiger partial charge in [-0.1, -0.05) is 30.3 Å². The molecule has 0 bridgehead atoms. The number of benzene rings is 2. The topological polar surface area (TPSA) is 67.6 Å². The first-order valence-corrected chi connectivity index (χ1v) is 9.17. The molecule has 3 aliphatic heterocycles. The van der Waals surface area contributed by atoms with Crippen molar-refractivity contribution in [2.24, 2.45) is 5.92 Å². The van der Waals surface area contributed by atoms with E-state index in [9.17, 15) is 9.59 Å². The van der Waals surface area contributed by atoms with Crippen molar-refractivity contribution in [1.29, 1.82) is 5.26 Å². The highest BCUT2D eigenvalue weighted by molar-refractivity contribution is 6.24. The van der Waals surface area contributed by atoms with E-state index in [-0.39, 0.29) is 17.9 Å². The number of anilines is 1. The number of carbonyl (C=O) groups excluding carboxylic acids is 2. The summed E-state index contributed by atoms with van der Waals surface area (Å²) in [6, 6.07) is 18.1. The molecular weight excluding hydrogens is 340 g/mol. The third kappa shape index (κ3) is 2.26. The van der Waals surface area contributed by atoms with Crippen LogP contribution in [-0.2, 0) is 9.59 Å². The monoisotopic (exact) mass is 358 g/mol. The molecule has 3 aliphatic rings. The molecule has 0 saturated carbocycles. The Morgan fingerprint density at radius 2 is 1.52 bits per heavy atom. The van der Waals surface area contributed by atoms with E-state index in [0.717, 1.165) is 25.1 Å². The van der Waals surface area contributed by atoms with Crippen LogP contribution in [0.3, 0.4) is 0 Å². The predicted octanol–water partition coefficient (Wildman–Crippen LogP) is 2.09. The molecule has 0 aliphatic carbocycles. The van der Waals surface area contributed by atoms with Gasteiger partial charge in [0.2, 0.25) is 5.91 Å². The largest absolute Gasteiger partial charge is 0.274 e. The summed E-state index contributed by atoms with van der Waals surface area (Å²) >= 11 is 0. The molecule has 0 unspecified atom stereocenters. The van der Waals surface area contributed by atoms with Gasteiger partial charge in [-0.2, -0.15) is 5.26 Å². The predicted molar refractivity (Wildman–Crippen MR) is 98.1 cm³/mol. The second-order valence-corrected chi connectivity index (χ2v) is 7.18. The van der Waals surface area contributed by atoms with E-state index < -0.39 is 12.0 Å². The average molecular weight is 358 g/mol. The molecule has 2 aromatic carbocycles. The summed E-state index contributed by atoms with van der Waals surface area (Å²) in [7, 11) is 0. The van der Waals surface area contributed by atoms with Gasteiger partial charge in [-0.3, -0.25) is 9.59 Å². The lowest BCUT2D eigenvalue weighted by molar-refractivity contribution is -0.126. The van der Waals surface area contributed by atoms with Crippen molar-refractivity contribution in [2.45, 2.75) is 18.5 Å². The zero-order valence-corrected chi connectivity index (χ0v) is 14.7. The van der Waals surface area contributed by atoms with E-state index in [1.165, 1.54) is 4.90 Å². The number of fused-ring (bicyclic) bond motifs is 3. The fourth-order valence-corrected chi connectivity index (χ4v) is 4.70. The first kappa shape index (κ1) is 16.2. The van der Waals surface area contributed by atoms with Crippen LogP contribution in [0.1, 0.15) is 23.6 Å². The first-order valence-electron chi connectivity index (χ1n) is 9.17. The van der Waals surface area contributed by atoms with E-state index in [1.54, 1.807) is 24.3 Å².